The maximum absolute atomic E-state index is 11.1. The minimum Gasteiger partial charge on any atom is -0.465 e. The Labute approximate surface area is 86.9 Å². The average molecular weight is 215 g/mol. The molecule has 0 aliphatic heterocycles. The van der Waals surface area contributed by atoms with Crippen LogP contribution in [0.25, 0.3) is 0 Å². The predicted octanol–water partition coefficient (Wildman–Crippen LogP) is 2.03. The molecule has 1 rings (SSSR count). The number of thiazole rings is 1. The molecule has 5 heteroatoms. The first-order chi connectivity index (χ1) is 6.72. The fourth-order valence-electron chi connectivity index (χ4n) is 1.07. The fourth-order valence-corrected chi connectivity index (χ4v) is 2.07. The van der Waals surface area contributed by atoms with Gasteiger partial charge in [0.25, 0.3) is 0 Å². The van der Waals surface area contributed by atoms with Crippen LogP contribution in [0.15, 0.2) is 6.20 Å². The van der Waals surface area contributed by atoms with Crippen molar-refractivity contribution in [2.45, 2.75) is 19.4 Å². The zero-order valence-corrected chi connectivity index (χ0v) is 9.26. The molecule has 0 fully saturated rings. The van der Waals surface area contributed by atoms with Gasteiger partial charge in [-0.1, -0.05) is 6.92 Å². The molecule has 14 heavy (non-hydrogen) atoms. The summed E-state index contributed by atoms with van der Waals surface area (Å²) >= 11 is 1.31. The molecule has 0 amide bonds. The summed E-state index contributed by atoms with van der Waals surface area (Å²) in [6, 6.07) is 0. The second-order valence-corrected chi connectivity index (χ2v) is 3.75. The van der Waals surface area contributed by atoms with E-state index in [2.05, 4.69) is 9.72 Å². The number of carbonyl (C=O) groups is 1. The highest BCUT2D eigenvalue weighted by molar-refractivity contribution is 7.13. The highest BCUT2D eigenvalue weighted by atomic mass is 32.1. The number of methoxy groups -OCH3 is 2. The Hall–Kier alpha value is -0.940. The molecule has 0 aliphatic carbocycles. The Kier molecular flexibility index (Phi) is 4.03. The summed E-state index contributed by atoms with van der Waals surface area (Å²) in [4.78, 5) is 15.8. The Morgan fingerprint density at radius 1 is 1.64 bits per heavy atom. The molecule has 1 unspecified atom stereocenters. The van der Waals surface area contributed by atoms with E-state index in [1.165, 1.54) is 24.6 Å². The lowest BCUT2D eigenvalue weighted by Gasteiger charge is -2.07. The van der Waals surface area contributed by atoms with Crippen molar-refractivity contribution < 1.29 is 14.3 Å². The van der Waals surface area contributed by atoms with Gasteiger partial charge >= 0.3 is 5.97 Å². The highest BCUT2D eigenvalue weighted by Gasteiger charge is 2.16. The Balaban J connectivity index is 2.81. The summed E-state index contributed by atoms with van der Waals surface area (Å²) in [5.41, 5.74) is 0. The van der Waals surface area contributed by atoms with Gasteiger partial charge in [-0.3, -0.25) is 0 Å². The second kappa shape index (κ2) is 5.07. The molecule has 1 aromatic rings. The van der Waals surface area contributed by atoms with E-state index in [0.29, 0.717) is 4.88 Å². The first-order valence-electron chi connectivity index (χ1n) is 4.29. The molecule has 0 saturated carbocycles. The van der Waals surface area contributed by atoms with Gasteiger partial charge in [-0.2, -0.15) is 0 Å². The van der Waals surface area contributed by atoms with Crippen LogP contribution < -0.4 is 0 Å². The molecule has 78 valence electrons. The molecular formula is C9H13NO3S. The van der Waals surface area contributed by atoms with E-state index in [9.17, 15) is 4.79 Å². The molecule has 0 saturated heterocycles. The van der Waals surface area contributed by atoms with Crippen molar-refractivity contribution >= 4 is 17.3 Å². The molecule has 0 spiro atoms. The van der Waals surface area contributed by atoms with Crippen LogP contribution in [0.5, 0.6) is 0 Å². The monoisotopic (exact) mass is 215 g/mol. The maximum Gasteiger partial charge on any atom is 0.349 e. The first-order valence-corrected chi connectivity index (χ1v) is 5.11. The molecule has 1 atom stereocenters. The fraction of sp³-hybridized carbons (Fsp3) is 0.556. The lowest BCUT2D eigenvalue weighted by Crippen LogP contribution is -1.98. The number of aromatic nitrogens is 1. The van der Waals surface area contributed by atoms with Crippen LogP contribution in [0.4, 0.5) is 0 Å². The predicted molar refractivity (Wildman–Crippen MR) is 53.5 cm³/mol. The summed E-state index contributed by atoms with van der Waals surface area (Å²) in [5.74, 6) is -0.347. The van der Waals surface area contributed by atoms with Gasteiger partial charge in [-0.25, -0.2) is 9.78 Å². The van der Waals surface area contributed by atoms with Crippen LogP contribution >= 0.6 is 11.3 Å². The SMILES string of the molecule is CCC(OC)c1ncc(C(=O)OC)s1. The van der Waals surface area contributed by atoms with Crippen LogP contribution in [-0.4, -0.2) is 25.2 Å². The van der Waals surface area contributed by atoms with E-state index in [0.717, 1.165) is 11.4 Å². The lowest BCUT2D eigenvalue weighted by atomic mass is 10.3. The van der Waals surface area contributed by atoms with Crippen LogP contribution in [-0.2, 0) is 9.47 Å². The van der Waals surface area contributed by atoms with Gasteiger partial charge in [0.05, 0.1) is 13.3 Å². The zero-order chi connectivity index (χ0) is 10.6. The molecule has 4 nitrogen and oxygen atoms in total. The zero-order valence-electron chi connectivity index (χ0n) is 8.44. The quantitative estimate of drug-likeness (QED) is 0.721. The van der Waals surface area contributed by atoms with E-state index in [1.54, 1.807) is 7.11 Å². The van der Waals surface area contributed by atoms with Crippen molar-refractivity contribution in [1.82, 2.24) is 4.98 Å². The summed E-state index contributed by atoms with van der Waals surface area (Å²) in [5, 5.41) is 0.815. The molecule has 0 radical (unpaired) electrons. The average Bonchev–Trinajstić information content (AvgIpc) is 2.68. The van der Waals surface area contributed by atoms with Crippen molar-refractivity contribution in [2.24, 2.45) is 0 Å². The third-order valence-corrected chi connectivity index (χ3v) is 2.91. The maximum atomic E-state index is 11.1. The third-order valence-electron chi connectivity index (χ3n) is 1.84. The molecule has 0 aliphatic rings. The number of hydrogen-bond donors (Lipinski definition) is 0. The summed E-state index contributed by atoms with van der Waals surface area (Å²) in [6.45, 7) is 2.01. The molecular weight excluding hydrogens is 202 g/mol. The smallest absolute Gasteiger partial charge is 0.349 e. The second-order valence-electron chi connectivity index (χ2n) is 2.69. The lowest BCUT2D eigenvalue weighted by molar-refractivity contribution is 0.0606. The summed E-state index contributed by atoms with van der Waals surface area (Å²) < 4.78 is 9.80. The van der Waals surface area contributed by atoms with Gasteiger partial charge in [0.1, 0.15) is 16.0 Å². The minimum atomic E-state index is -0.347. The van der Waals surface area contributed by atoms with E-state index >= 15 is 0 Å². The number of esters is 1. The Morgan fingerprint density at radius 2 is 2.36 bits per heavy atom. The third kappa shape index (κ3) is 2.30. The van der Waals surface area contributed by atoms with Crippen molar-refractivity contribution in [3.8, 4) is 0 Å². The summed E-state index contributed by atoms with van der Waals surface area (Å²) in [7, 11) is 2.99. The molecule has 1 aromatic heterocycles. The Bertz CT molecular complexity index is 307. The van der Waals surface area contributed by atoms with Gasteiger partial charge < -0.3 is 9.47 Å². The van der Waals surface area contributed by atoms with Crippen molar-refractivity contribution in [3.63, 3.8) is 0 Å². The number of ether oxygens (including phenoxy) is 2. The summed E-state index contributed by atoms with van der Waals surface area (Å²) in [6.07, 6.45) is 2.33. The van der Waals surface area contributed by atoms with E-state index < -0.39 is 0 Å². The van der Waals surface area contributed by atoms with Crippen LogP contribution in [0, 0.1) is 0 Å². The van der Waals surface area contributed by atoms with Gasteiger partial charge in [0, 0.05) is 7.11 Å². The van der Waals surface area contributed by atoms with Crippen molar-refractivity contribution in [1.29, 1.82) is 0 Å². The van der Waals surface area contributed by atoms with Crippen molar-refractivity contribution in [2.75, 3.05) is 14.2 Å². The van der Waals surface area contributed by atoms with E-state index in [1.807, 2.05) is 6.92 Å². The highest BCUT2D eigenvalue weighted by Crippen LogP contribution is 2.25. The number of hydrogen-bond acceptors (Lipinski definition) is 5. The van der Waals surface area contributed by atoms with Crippen LogP contribution in [0.3, 0.4) is 0 Å². The van der Waals surface area contributed by atoms with Crippen molar-refractivity contribution in [3.05, 3.63) is 16.1 Å². The molecule has 1 heterocycles. The molecule has 0 N–H and O–H groups in total. The minimum absolute atomic E-state index is 0.0293. The van der Waals surface area contributed by atoms with Gasteiger partial charge in [0.2, 0.25) is 0 Å². The normalized spacial score (nSPS) is 12.5. The topological polar surface area (TPSA) is 48.4 Å². The number of rotatable bonds is 4. The largest absolute Gasteiger partial charge is 0.465 e. The van der Waals surface area contributed by atoms with Gasteiger partial charge in [0.15, 0.2) is 0 Å². The van der Waals surface area contributed by atoms with Crippen LogP contribution in [0.2, 0.25) is 0 Å². The van der Waals surface area contributed by atoms with Gasteiger partial charge in [-0.05, 0) is 6.42 Å². The van der Waals surface area contributed by atoms with E-state index in [-0.39, 0.29) is 12.1 Å². The van der Waals surface area contributed by atoms with Crippen LogP contribution in [0.1, 0.15) is 34.1 Å². The number of carbonyl (C=O) groups excluding carboxylic acids is 1. The Morgan fingerprint density at radius 3 is 2.86 bits per heavy atom. The molecule has 0 bridgehead atoms. The number of nitrogens with zero attached hydrogens (tertiary/aromatic N) is 1. The first kappa shape index (κ1) is 11.1. The molecule has 0 aromatic carbocycles. The van der Waals surface area contributed by atoms with Gasteiger partial charge in [-0.15, -0.1) is 11.3 Å². The standard InChI is InChI=1S/C9H13NO3S/c1-4-6(12-2)8-10-5-7(14-8)9(11)13-3/h5-6H,4H2,1-3H3. The van der Waals surface area contributed by atoms with E-state index in [4.69, 9.17) is 4.74 Å².